The predicted molar refractivity (Wildman–Crippen MR) is 137 cm³/mol. The van der Waals surface area contributed by atoms with Crippen molar-refractivity contribution in [3.05, 3.63) is 99.6 Å². The van der Waals surface area contributed by atoms with Crippen molar-refractivity contribution in [3.8, 4) is 5.75 Å². The molecule has 1 atom stereocenters. The number of carbonyl (C=O) groups excluding carboxylic acids is 2. The maximum Gasteiger partial charge on any atom is 0.300 e. The van der Waals surface area contributed by atoms with Crippen LogP contribution in [0.15, 0.2) is 66.2 Å². The minimum absolute atomic E-state index is 0.108. The van der Waals surface area contributed by atoms with Crippen molar-refractivity contribution in [3.63, 3.8) is 0 Å². The lowest BCUT2D eigenvalue weighted by Gasteiger charge is -2.27. The molecule has 2 aliphatic rings. The second-order valence-electron chi connectivity index (χ2n) is 9.35. The molecule has 35 heavy (non-hydrogen) atoms. The molecule has 0 bridgehead atoms. The van der Waals surface area contributed by atoms with E-state index < -0.39 is 17.7 Å². The molecule has 1 aliphatic heterocycles. The molecule has 0 aromatic heterocycles. The van der Waals surface area contributed by atoms with Crippen LogP contribution in [0.3, 0.4) is 0 Å². The Bertz CT molecular complexity index is 1350. The lowest BCUT2D eigenvalue weighted by molar-refractivity contribution is -0.132. The molecule has 3 aromatic rings. The van der Waals surface area contributed by atoms with Crippen LogP contribution in [0.1, 0.15) is 52.3 Å². The van der Waals surface area contributed by atoms with Crippen molar-refractivity contribution in [1.82, 2.24) is 0 Å². The summed E-state index contributed by atoms with van der Waals surface area (Å²) < 4.78 is 5.31. The molecule has 1 saturated heterocycles. The Kier molecular flexibility index (Phi) is 5.93. The third-order valence-corrected chi connectivity index (χ3v) is 7.33. The van der Waals surface area contributed by atoms with Crippen LogP contribution in [0.5, 0.6) is 5.75 Å². The summed E-state index contributed by atoms with van der Waals surface area (Å²) in [5.41, 5.74) is 6.50. The van der Waals surface area contributed by atoms with Crippen LogP contribution in [0.25, 0.3) is 5.76 Å². The Morgan fingerprint density at radius 3 is 2.37 bits per heavy atom. The highest BCUT2D eigenvalue weighted by Crippen LogP contribution is 2.44. The molecule has 1 N–H and O–H groups in total. The van der Waals surface area contributed by atoms with Gasteiger partial charge in [0.05, 0.1) is 18.7 Å². The molecule has 178 valence electrons. The molecule has 5 heteroatoms. The summed E-state index contributed by atoms with van der Waals surface area (Å²) in [6.45, 7) is 3.92. The van der Waals surface area contributed by atoms with Crippen LogP contribution in [-0.2, 0) is 22.4 Å². The predicted octanol–water partition coefficient (Wildman–Crippen LogP) is 5.82. The van der Waals surface area contributed by atoms with E-state index in [2.05, 4.69) is 0 Å². The average molecular weight is 468 g/mol. The van der Waals surface area contributed by atoms with Gasteiger partial charge in [-0.1, -0.05) is 36.4 Å². The molecule has 1 heterocycles. The third kappa shape index (κ3) is 3.91. The highest BCUT2D eigenvalue weighted by Gasteiger charge is 2.47. The number of benzene rings is 3. The number of carbonyl (C=O) groups is 2. The largest absolute Gasteiger partial charge is 0.507 e. The maximum atomic E-state index is 13.5. The number of hydrogen-bond donors (Lipinski definition) is 1. The van der Waals surface area contributed by atoms with Crippen LogP contribution in [-0.4, -0.2) is 23.9 Å². The van der Waals surface area contributed by atoms with E-state index in [1.165, 1.54) is 16.0 Å². The first kappa shape index (κ1) is 22.9. The number of hydrogen-bond acceptors (Lipinski definition) is 4. The van der Waals surface area contributed by atoms with E-state index in [1.54, 1.807) is 19.2 Å². The number of aliphatic hydroxyl groups excluding tert-OH is 1. The van der Waals surface area contributed by atoms with Gasteiger partial charge >= 0.3 is 0 Å². The Morgan fingerprint density at radius 1 is 0.943 bits per heavy atom. The molecule has 0 radical (unpaired) electrons. The van der Waals surface area contributed by atoms with Crippen LogP contribution in [0.2, 0.25) is 0 Å². The monoisotopic (exact) mass is 467 g/mol. The summed E-state index contributed by atoms with van der Waals surface area (Å²) in [6, 6.07) is 18.1. The zero-order valence-corrected chi connectivity index (χ0v) is 20.3. The number of nitrogens with zero attached hydrogens (tertiary/aromatic N) is 1. The molecule has 1 unspecified atom stereocenters. The van der Waals surface area contributed by atoms with E-state index in [4.69, 9.17) is 4.74 Å². The van der Waals surface area contributed by atoms with Gasteiger partial charge in [-0.25, -0.2) is 0 Å². The molecule has 1 amide bonds. The first-order chi connectivity index (χ1) is 16.9. The summed E-state index contributed by atoms with van der Waals surface area (Å²) in [6.07, 6.45) is 4.26. The van der Waals surface area contributed by atoms with Gasteiger partial charge in [-0.2, -0.15) is 0 Å². The highest BCUT2D eigenvalue weighted by atomic mass is 16.5. The molecule has 1 fully saturated rings. The number of aryl methyl sites for hydroxylation is 3. The first-order valence-corrected chi connectivity index (χ1v) is 12.0. The van der Waals surface area contributed by atoms with Crippen molar-refractivity contribution in [2.45, 2.75) is 45.6 Å². The highest BCUT2D eigenvalue weighted by molar-refractivity contribution is 6.51. The summed E-state index contributed by atoms with van der Waals surface area (Å²) in [7, 11) is 1.59. The zero-order valence-electron chi connectivity index (χ0n) is 20.3. The number of ketones is 1. The fourth-order valence-corrected chi connectivity index (χ4v) is 5.22. The number of aliphatic hydroxyl groups is 1. The Balaban J connectivity index is 1.71. The van der Waals surface area contributed by atoms with E-state index in [-0.39, 0.29) is 11.3 Å². The van der Waals surface area contributed by atoms with E-state index in [0.717, 1.165) is 42.4 Å². The molecule has 3 aromatic carbocycles. The van der Waals surface area contributed by atoms with Gasteiger partial charge in [0.1, 0.15) is 11.5 Å². The Hall–Kier alpha value is -3.86. The van der Waals surface area contributed by atoms with Gasteiger partial charge in [-0.05, 0) is 91.6 Å². The lowest BCUT2D eigenvalue weighted by atomic mass is 9.88. The molecule has 1 aliphatic carbocycles. The number of ether oxygens (including phenoxy) is 1. The van der Waals surface area contributed by atoms with Crippen LogP contribution < -0.4 is 9.64 Å². The summed E-state index contributed by atoms with van der Waals surface area (Å²) in [4.78, 5) is 28.4. The van der Waals surface area contributed by atoms with Gasteiger partial charge < -0.3 is 9.84 Å². The van der Waals surface area contributed by atoms with E-state index in [1.807, 2.05) is 62.4 Å². The maximum absolute atomic E-state index is 13.5. The molecule has 5 nitrogen and oxygen atoms in total. The van der Waals surface area contributed by atoms with Crippen molar-refractivity contribution < 1.29 is 19.4 Å². The van der Waals surface area contributed by atoms with Crippen LogP contribution in [0, 0.1) is 13.8 Å². The fourth-order valence-electron chi connectivity index (χ4n) is 5.22. The molecule has 0 saturated carbocycles. The second-order valence-corrected chi connectivity index (χ2v) is 9.35. The minimum Gasteiger partial charge on any atom is -0.507 e. The van der Waals surface area contributed by atoms with Gasteiger partial charge in [-0.15, -0.1) is 0 Å². The van der Waals surface area contributed by atoms with Crippen molar-refractivity contribution >= 4 is 23.1 Å². The fraction of sp³-hybridized carbons (Fsp3) is 0.267. The zero-order chi connectivity index (χ0) is 24.7. The van der Waals surface area contributed by atoms with Gasteiger partial charge in [0, 0.05) is 11.3 Å². The second kappa shape index (κ2) is 9.06. The molecular formula is C30H29NO4. The summed E-state index contributed by atoms with van der Waals surface area (Å²) in [5, 5.41) is 11.5. The SMILES string of the molecule is COc1ccc(C2/C(=C(/O)c3ccc4c(c3)CCCC4)C(=O)C(=O)N2c2cccc(C)c2C)cc1. The minimum atomic E-state index is -0.752. The van der Waals surface area contributed by atoms with Crippen molar-refractivity contribution in [2.24, 2.45) is 0 Å². The van der Waals surface area contributed by atoms with Gasteiger partial charge in [0.25, 0.3) is 11.7 Å². The Labute approximate surface area is 205 Å². The third-order valence-electron chi connectivity index (χ3n) is 7.33. The average Bonchev–Trinajstić information content (AvgIpc) is 3.15. The normalized spacial score (nSPS) is 19.1. The smallest absolute Gasteiger partial charge is 0.300 e. The van der Waals surface area contributed by atoms with Gasteiger partial charge in [0.15, 0.2) is 0 Å². The first-order valence-electron chi connectivity index (χ1n) is 12.0. The number of rotatable bonds is 4. The van der Waals surface area contributed by atoms with Crippen molar-refractivity contribution in [1.29, 1.82) is 0 Å². The number of fused-ring (bicyclic) bond motifs is 1. The number of amides is 1. The summed E-state index contributed by atoms with van der Waals surface area (Å²) >= 11 is 0. The van der Waals surface area contributed by atoms with E-state index in [0.29, 0.717) is 17.0 Å². The number of methoxy groups -OCH3 is 1. The van der Waals surface area contributed by atoms with E-state index >= 15 is 0 Å². The molecular weight excluding hydrogens is 438 g/mol. The van der Waals surface area contributed by atoms with Crippen LogP contribution in [0.4, 0.5) is 5.69 Å². The van der Waals surface area contributed by atoms with Gasteiger partial charge in [-0.3, -0.25) is 14.5 Å². The van der Waals surface area contributed by atoms with Crippen molar-refractivity contribution in [2.75, 3.05) is 12.0 Å². The Morgan fingerprint density at radius 2 is 1.66 bits per heavy atom. The van der Waals surface area contributed by atoms with E-state index in [9.17, 15) is 14.7 Å². The lowest BCUT2D eigenvalue weighted by Crippen LogP contribution is -2.30. The topological polar surface area (TPSA) is 66.8 Å². The number of anilines is 1. The molecule has 5 rings (SSSR count). The number of Topliss-reactive ketones (excluding diaryl/α,β-unsaturated/α-hetero) is 1. The van der Waals surface area contributed by atoms with Crippen LogP contribution >= 0.6 is 0 Å². The standard InChI is InChI=1S/C30H29NO4/c1-18-7-6-10-25(19(18)2)31-27(21-13-15-24(35-3)16-14-21)26(29(33)30(31)34)28(32)23-12-11-20-8-4-5-9-22(20)17-23/h6-7,10-17,27,32H,4-5,8-9H2,1-3H3/b28-26-. The summed E-state index contributed by atoms with van der Waals surface area (Å²) in [5.74, 6) is -0.779. The molecule has 0 spiro atoms. The van der Waals surface area contributed by atoms with Gasteiger partial charge in [0.2, 0.25) is 0 Å². The quantitative estimate of drug-likeness (QED) is 0.298.